The van der Waals surface area contributed by atoms with E-state index in [1.165, 1.54) is 11.8 Å². The van der Waals surface area contributed by atoms with E-state index in [-0.39, 0.29) is 30.6 Å². The molecular weight excluding hydrogens is 222 g/mol. The molecule has 5 nitrogen and oxygen atoms in total. The molecule has 0 aromatic heterocycles. The van der Waals surface area contributed by atoms with Crippen LogP contribution in [0.4, 0.5) is 0 Å². The fraction of sp³-hybridized carbons (Fsp3) is 0.833. The molecule has 5 heteroatoms. The van der Waals surface area contributed by atoms with Crippen LogP contribution in [0.2, 0.25) is 0 Å². The summed E-state index contributed by atoms with van der Waals surface area (Å²) in [6, 6.07) is 0. The van der Waals surface area contributed by atoms with E-state index in [4.69, 9.17) is 9.47 Å². The Labute approximate surface area is 102 Å². The van der Waals surface area contributed by atoms with Gasteiger partial charge in [0.15, 0.2) is 0 Å². The molecule has 17 heavy (non-hydrogen) atoms. The normalized spacial score (nSPS) is 24.2. The number of hydrogen-bond donors (Lipinski definition) is 0. The Morgan fingerprint density at radius 1 is 1.24 bits per heavy atom. The predicted octanol–water partition coefficient (Wildman–Crippen LogP) is 0.965. The van der Waals surface area contributed by atoms with Gasteiger partial charge in [0.25, 0.3) is 0 Å². The highest BCUT2D eigenvalue weighted by atomic mass is 16.6. The molecule has 1 aliphatic carbocycles. The Bertz CT molecular complexity index is 280. The molecule has 1 amide bonds. The lowest BCUT2D eigenvalue weighted by molar-refractivity contribution is -0.161. The molecule has 0 aromatic rings. The van der Waals surface area contributed by atoms with E-state index in [9.17, 15) is 9.59 Å². The first-order chi connectivity index (χ1) is 8.04. The first-order valence-electron chi connectivity index (χ1n) is 5.98. The minimum atomic E-state index is -0.364. The summed E-state index contributed by atoms with van der Waals surface area (Å²) in [5.41, 5.74) is 0. The van der Waals surface area contributed by atoms with Crippen LogP contribution in [0.15, 0.2) is 0 Å². The number of carbonyl (C=O) groups excluding carboxylic acids is 2. The SMILES string of the molecule is CO[C@H]1CCCC[C@@H]1OC(=O)CN(C)C(C)=O. The van der Waals surface area contributed by atoms with E-state index in [1.807, 2.05) is 0 Å². The number of methoxy groups -OCH3 is 1. The average Bonchev–Trinajstić information content (AvgIpc) is 2.29. The fourth-order valence-electron chi connectivity index (χ4n) is 1.98. The Kier molecular flexibility index (Phi) is 5.41. The third kappa shape index (κ3) is 4.34. The van der Waals surface area contributed by atoms with E-state index < -0.39 is 0 Å². The van der Waals surface area contributed by atoms with E-state index in [1.54, 1.807) is 14.2 Å². The van der Waals surface area contributed by atoms with Crippen molar-refractivity contribution in [1.82, 2.24) is 4.90 Å². The van der Waals surface area contributed by atoms with E-state index >= 15 is 0 Å². The average molecular weight is 243 g/mol. The van der Waals surface area contributed by atoms with Gasteiger partial charge in [0.1, 0.15) is 12.6 Å². The van der Waals surface area contributed by atoms with Crippen molar-refractivity contribution in [3.63, 3.8) is 0 Å². The monoisotopic (exact) mass is 243 g/mol. The minimum Gasteiger partial charge on any atom is -0.458 e. The molecule has 0 radical (unpaired) electrons. The van der Waals surface area contributed by atoms with Crippen molar-refractivity contribution in [3.8, 4) is 0 Å². The zero-order valence-electron chi connectivity index (χ0n) is 10.8. The third-order valence-corrected chi connectivity index (χ3v) is 3.13. The fourth-order valence-corrected chi connectivity index (χ4v) is 1.98. The first kappa shape index (κ1) is 14.0. The van der Waals surface area contributed by atoms with Crippen LogP contribution in [0.3, 0.4) is 0 Å². The number of nitrogens with zero attached hydrogens (tertiary/aromatic N) is 1. The van der Waals surface area contributed by atoms with Crippen LogP contribution in [0, 0.1) is 0 Å². The van der Waals surface area contributed by atoms with Crippen LogP contribution >= 0.6 is 0 Å². The molecule has 0 bridgehead atoms. The van der Waals surface area contributed by atoms with Crippen molar-refractivity contribution in [3.05, 3.63) is 0 Å². The lowest BCUT2D eigenvalue weighted by atomic mass is 9.94. The second-order valence-electron chi connectivity index (χ2n) is 4.46. The van der Waals surface area contributed by atoms with Crippen molar-refractivity contribution in [2.24, 2.45) is 0 Å². The van der Waals surface area contributed by atoms with Gasteiger partial charge in [0.2, 0.25) is 5.91 Å². The molecule has 0 N–H and O–H groups in total. The zero-order valence-corrected chi connectivity index (χ0v) is 10.8. The summed E-state index contributed by atoms with van der Waals surface area (Å²) >= 11 is 0. The van der Waals surface area contributed by atoms with Crippen LogP contribution in [-0.4, -0.2) is 49.7 Å². The van der Waals surface area contributed by atoms with E-state index in [0.29, 0.717) is 0 Å². The van der Waals surface area contributed by atoms with Gasteiger partial charge in [-0.2, -0.15) is 0 Å². The molecule has 0 aromatic carbocycles. The maximum absolute atomic E-state index is 11.6. The number of amides is 1. The van der Waals surface area contributed by atoms with Crippen molar-refractivity contribution in [2.45, 2.75) is 44.8 Å². The Morgan fingerprint density at radius 2 is 1.82 bits per heavy atom. The Balaban J connectivity index is 2.41. The second-order valence-corrected chi connectivity index (χ2v) is 4.46. The summed E-state index contributed by atoms with van der Waals surface area (Å²) < 4.78 is 10.7. The molecule has 1 fully saturated rings. The summed E-state index contributed by atoms with van der Waals surface area (Å²) in [6.07, 6.45) is 3.77. The molecule has 1 saturated carbocycles. The maximum Gasteiger partial charge on any atom is 0.325 e. The maximum atomic E-state index is 11.6. The Hall–Kier alpha value is -1.10. The number of likely N-dealkylation sites (N-methyl/N-ethyl adjacent to an activating group) is 1. The third-order valence-electron chi connectivity index (χ3n) is 3.13. The van der Waals surface area contributed by atoms with Crippen molar-refractivity contribution >= 4 is 11.9 Å². The van der Waals surface area contributed by atoms with Gasteiger partial charge < -0.3 is 14.4 Å². The summed E-state index contributed by atoms with van der Waals surface area (Å²) in [7, 11) is 3.22. The number of rotatable bonds is 4. The van der Waals surface area contributed by atoms with Crippen molar-refractivity contribution in [2.75, 3.05) is 20.7 Å². The Morgan fingerprint density at radius 3 is 2.35 bits per heavy atom. The predicted molar refractivity (Wildman–Crippen MR) is 62.5 cm³/mol. The van der Waals surface area contributed by atoms with Crippen molar-refractivity contribution in [1.29, 1.82) is 0 Å². The smallest absolute Gasteiger partial charge is 0.325 e. The van der Waals surface area contributed by atoms with Gasteiger partial charge in [0.05, 0.1) is 6.10 Å². The second kappa shape index (κ2) is 6.59. The highest BCUT2D eigenvalue weighted by molar-refractivity contribution is 5.80. The highest BCUT2D eigenvalue weighted by Gasteiger charge is 2.28. The van der Waals surface area contributed by atoms with E-state index in [2.05, 4.69) is 0 Å². The van der Waals surface area contributed by atoms with Gasteiger partial charge in [0, 0.05) is 21.1 Å². The molecule has 0 unspecified atom stereocenters. The van der Waals surface area contributed by atoms with Gasteiger partial charge in [-0.3, -0.25) is 9.59 Å². The molecule has 98 valence electrons. The zero-order chi connectivity index (χ0) is 12.8. The quantitative estimate of drug-likeness (QED) is 0.690. The summed E-state index contributed by atoms with van der Waals surface area (Å²) in [5, 5.41) is 0. The van der Waals surface area contributed by atoms with Gasteiger partial charge in [-0.05, 0) is 19.3 Å². The molecular formula is C12H21NO4. The molecule has 1 aliphatic rings. The lowest BCUT2D eigenvalue weighted by Crippen LogP contribution is -2.39. The molecule has 0 saturated heterocycles. The summed E-state index contributed by atoms with van der Waals surface area (Å²) in [4.78, 5) is 23.9. The van der Waals surface area contributed by atoms with Crippen LogP contribution in [0.1, 0.15) is 32.6 Å². The lowest BCUT2D eigenvalue weighted by Gasteiger charge is -2.30. The molecule has 0 spiro atoms. The van der Waals surface area contributed by atoms with E-state index in [0.717, 1.165) is 25.7 Å². The van der Waals surface area contributed by atoms with Gasteiger partial charge >= 0.3 is 5.97 Å². The summed E-state index contributed by atoms with van der Waals surface area (Å²) in [6.45, 7) is 1.42. The highest BCUT2D eigenvalue weighted by Crippen LogP contribution is 2.23. The number of ether oxygens (including phenoxy) is 2. The molecule has 0 heterocycles. The standard InChI is InChI=1S/C12H21NO4/c1-9(14)13(2)8-12(15)17-11-7-5-4-6-10(11)16-3/h10-11H,4-8H2,1-3H3/t10-,11-/m0/s1. The topological polar surface area (TPSA) is 55.8 Å². The van der Waals surface area contributed by atoms with Crippen LogP contribution in [-0.2, 0) is 19.1 Å². The number of carbonyl (C=O) groups is 2. The van der Waals surface area contributed by atoms with Crippen LogP contribution < -0.4 is 0 Å². The molecule has 2 atom stereocenters. The van der Waals surface area contributed by atoms with Crippen LogP contribution in [0.5, 0.6) is 0 Å². The first-order valence-corrected chi connectivity index (χ1v) is 5.98. The summed E-state index contributed by atoms with van der Waals surface area (Å²) in [5.74, 6) is -0.509. The van der Waals surface area contributed by atoms with Gasteiger partial charge in [-0.1, -0.05) is 6.42 Å². The minimum absolute atomic E-state index is 0.00225. The number of hydrogen-bond acceptors (Lipinski definition) is 4. The molecule has 0 aliphatic heterocycles. The van der Waals surface area contributed by atoms with Gasteiger partial charge in [-0.15, -0.1) is 0 Å². The number of esters is 1. The van der Waals surface area contributed by atoms with Crippen LogP contribution in [0.25, 0.3) is 0 Å². The molecule has 1 rings (SSSR count). The van der Waals surface area contributed by atoms with Crippen molar-refractivity contribution < 1.29 is 19.1 Å². The van der Waals surface area contributed by atoms with Gasteiger partial charge in [-0.25, -0.2) is 0 Å². The largest absolute Gasteiger partial charge is 0.458 e.